The average molecular weight is 378 g/mol. The molecule has 1 atom stereocenters. The van der Waals surface area contributed by atoms with Crippen LogP contribution in [0.2, 0.25) is 0 Å². The number of rotatable bonds is 8. The van der Waals surface area contributed by atoms with Crippen LogP contribution in [0.1, 0.15) is 23.5 Å². The maximum absolute atomic E-state index is 12.1. The summed E-state index contributed by atoms with van der Waals surface area (Å²) in [6.07, 6.45) is -1.07. The van der Waals surface area contributed by atoms with Crippen molar-refractivity contribution < 1.29 is 32.4 Å². The van der Waals surface area contributed by atoms with Crippen molar-refractivity contribution in [3.05, 3.63) is 71.8 Å². The summed E-state index contributed by atoms with van der Waals surface area (Å²) in [5.74, 6) is -3.20. The molecule has 0 fully saturated rings. The van der Waals surface area contributed by atoms with Gasteiger partial charge >= 0.3 is 11.9 Å². The lowest BCUT2D eigenvalue weighted by Crippen LogP contribution is -2.34. The van der Waals surface area contributed by atoms with Crippen molar-refractivity contribution in [2.45, 2.75) is 17.6 Å². The number of hydrogen-bond acceptors (Lipinski definition) is 5. The zero-order valence-corrected chi connectivity index (χ0v) is 14.5. The molecular weight excluding hydrogens is 360 g/mol. The number of esters is 1. The fourth-order valence-corrected chi connectivity index (χ4v) is 3.15. The maximum atomic E-state index is 12.1. The van der Waals surface area contributed by atoms with Crippen molar-refractivity contribution in [3.8, 4) is 0 Å². The molecule has 2 aromatic carbocycles. The highest BCUT2D eigenvalue weighted by Gasteiger charge is 2.35. The molecule has 0 bridgehead atoms. The SMILES string of the molecule is O=C(O)CC(C(=O)OCC(c1ccccc1)c1ccccc1)S(=O)(=O)O. The molecule has 0 saturated carbocycles. The van der Waals surface area contributed by atoms with Gasteiger partial charge in [0.2, 0.25) is 0 Å². The van der Waals surface area contributed by atoms with Gasteiger partial charge in [-0.2, -0.15) is 8.42 Å². The van der Waals surface area contributed by atoms with Crippen LogP contribution >= 0.6 is 0 Å². The van der Waals surface area contributed by atoms with E-state index in [1.165, 1.54) is 0 Å². The Kier molecular flexibility index (Phi) is 6.48. The minimum absolute atomic E-state index is 0.196. The highest BCUT2D eigenvalue weighted by Crippen LogP contribution is 2.25. The Morgan fingerprint density at radius 1 is 0.923 bits per heavy atom. The molecule has 0 amide bonds. The molecule has 1 unspecified atom stereocenters. The maximum Gasteiger partial charge on any atom is 0.327 e. The Morgan fingerprint density at radius 3 is 1.77 bits per heavy atom. The molecule has 2 N–H and O–H groups in total. The van der Waals surface area contributed by atoms with Crippen LogP contribution in [-0.4, -0.2) is 41.9 Å². The standard InChI is InChI=1S/C18H18O7S/c19-17(20)11-16(26(22,23)24)18(21)25-12-15(13-7-3-1-4-8-13)14-9-5-2-6-10-14/h1-10,15-16H,11-12H2,(H,19,20)(H,22,23,24). The van der Waals surface area contributed by atoms with E-state index in [0.29, 0.717) is 0 Å². The highest BCUT2D eigenvalue weighted by molar-refractivity contribution is 7.87. The van der Waals surface area contributed by atoms with Gasteiger partial charge in [0.1, 0.15) is 6.61 Å². The second-order valence-corrected chi connectivity index (χ2v) is 7.20. The first-order valence-corrected chi connectivity index (χ1v) is 9.24. The van der Waals surface area contributed by atoms with Crippen LogP contribution in [0.15, 0.2) is 60.7 Å². The first-order chi connectivity index (χ1) is 12.3. The zero-order valence-electron chi connectivity index (χ0n) is 13.7. The molecule has 2 rings (SSSR count). The van der Waals surface area contributed by atoms with Crippen LogP contribution < -0.4 is 0 Å². The predicted molar refractivity (Wildman–Crippen MR) is 93.3 cm³/mol. The highest BCUT2D eigenvalue weighted by atomic mass is 32.2. The molecule has 0 aliphatic heterocycles. The van der Waals surface area contributed by atoms with Crippen LogP contribution in [-0.2, 0) is 24.4 Å². The van der Waals surface area contributed by atoms with Gasteiger partial charge in [-0.25, -0.2) is 0 Å². The molecule has 0 saturated heterocycles. The van der Waals surface area contributed by atoms with E-state index in [1.54, 1.807) is 0 Å². The van der Waals surface area contributed by atoms with Crippen molar-refractivity contribution in [1.29, 1.82) is 0 Å². The summed E-state index contributed by atoms with van der Waals surface area (Å²) in [4.78, 5) is 22.8. The molecule has 7 nitrogen and oxygen atoms in total. The molecule has 0 radical (unpaired) electrons. The first-order valence-electron chi connectivity index (χ1n) is 7.73. The van der Waals surface area contributed by atoms with Gasteiger partial charge in [-0.05, 0) is 11.1 Å². The molecule has 2 aromatic rings. The van der Waals surface area contributed by atoms with E-state index in [1.807, 2.05) is 60.7 Å². The molecule has 0 heterocycles. The van der Waals surface area contributed by atoms with E-state index in [4.69, 9.17) is 14.4 Å². The van der Waals surface area contributed by atoms with Crippen LogP contribution in [0.5, 0.6) is 0 Å². The van der Waals surface area contributed by atoms with Crippen molar-refractivity contribution in [3.63, 3.8) is 0 Å². The predicted octanol–water partition coefficient (Wildman–Crippen LogP) is 2.09. The average Bonchev–Trinajstić information content (AvgIpc) is 2.60. The zero-order chi connectivity index (χ0) is 19.2. The van der Waals surface area contributed by atoms with Crippen LogP contribution in [0, 0.1) is 0 Å². The molecule has 26 heavy (non-hydrogen) atoms. The van der Waals surface area contributed by atoms with Gasteiger partial charge < -0.3 is 9.84 Å². The Labute approximate surface area is 151 Å². The Bertz CT molecular complexity index is 808. The fraction of sp³-hybridized carbons (Fsp3) is 0.222. The van der Waals surface area contributed by atoms with E-state index in [9.17, 15) is 18.0 Å². The van der Waals surface area contributed by atoms with Gasteiger partial charge in [0, 0.05) is 5.92 Å². The molecule has 8 heteroatoms. The smallest absolute Gasteiger partial charge is 0.327 e. The number of carboxylic acid groups (broad SMARTS) is 1. The summed E-state index contributed by atoms with van der Waals surface area (Å²) in [6, 6.07) is 18.3. The van der Waals surface area contributed by atoms with E-state index in [0.717, 1.165) is 11.1 Å². The van der Waals surface area contributed by atoms with Gasteiger partial charge in [-0.3, -0.25) is 14.1 Å². The minimum Gasteiger partial charge on any atom is -0.481 e. The quantitative estimate of drug-likeness (QED) is 0.533. The Balaban J connectivity index is 2.21. The first kappa shape index (κ1) is 19.6. The number of ether oxygens (including phenoxy) is 1. The third-order valence-corrected chi connectivity index (χ3v) is 4.86. The summed E-state index contributed by atoms with van der Waals surface area (Å²) in [5.41, 5.74) is 1.68. The topological polar surface area (TPSA) is 118 Å². The third-order valence-electron chi connectivity index (χ3n) is 3.78. The van der Waals surface area contributed by atoms with E-state index in [2.05, 4.69) is 0 Å². The number of carbonyl (C=O) groups is 2. The lowest BCUT2D eigenvalue weighted by Gasteiger charge is -2.19. The minimum atomic E-state index is -4.89. The summed E-state index contributed by atoms with van der Waals surface area (Å²) in [6.45, 7) is -0.196. The number of aliphatic carboxylic acids is 1. The van der Waals surface area contributed by atoms with Crippen molar-refractivity contribution in [2.75, 3.05) is 6.61 Å². The Hall–Kier alpha value is -2.71. The van der Waals surface area contributed by atoms with Gasteiger partial charge in [0.15, 0.2) is 5.25 Å². The normalized spacial score (nSPS) is 12.5. The molecule has 0 aliphatic rings. The summed E-state index contributed by atoms with van der Waals surface area (Å²) in [7, 11) is -4.89. The molecule has 0 aromatic heterocycles. The second kappa shape index (κ2) is 8.59. The summed E-state index contributed by atoms with van der Waals surface area (Å²) in [5, 5.41) is 6.59. The number of hydrogen-bond donors (Lipinski definition) is 2. The van der Waals surface area contributed by atoms with Gasteiger partial charge in [-0.1, -0.05) is 60.7 Å². The van der Waals surface area contributed by atoms with Crippen molar-refractivity contribution in [2.24, 2.45) is 0 Å². The van der Waals surface area contributed by atoms with Gasteiger partial charge in [0.05, 0.1) is 6.42 Å². The summed E-state index contributed by atoms with van der Waals surface area (Å²) < 4.78 is 36.7. The van der Waals surface area contributed by atoms with E-state index >= 15 is 0 Å². The van der Waals surface area contributed by atoms with Gasteiger partial charge in [-0.15, -0.1) is 0 Å². The largest absolute Gasteiger partial charge is 0.481 e. The van der Waals surface area contributed by atoms with Gasteiger partial charge in [0.25, 0.3) is 10.1 Å². The fourth-order valence-electron chi connectivity index (χ4n) is 2.48. The second-order valence-electron chi connectivity index (χ2n) is 5.61. The van der Waals surface area contributed by atoms with Crippen molar-refractivity contribution >= 4 is 22.1 Å². The van der Waals surface area contributed by atoms with Crippen LogP contribution in [0.4, 0.5) is 0 Å². The third kappa shape index (κ3) is 5.40. The van der Waals surface area contributed by atoms with Crippen LogP contribution in [0.25, 0.3) is 0 Å². The monoisotopic (exact) mass is 378 g/mol. The summed E-state index contributed by atoms with van der Waals surface area (Å²) >= 11 is 0. The Morgan fingerprint density at radius 2 is 1.38 bits per heavy atom. The van der Waals surface area contributed by atoms with Crippen LogP contribution in [0.3, 0.4) is 0 Å². The number of benzene rings is 2. The molecule has 0 aliphatic carbocycles. The lowest BCUT2D eigenvalue weighted by atomic mass is 9.92. The number of carboxylic acids is 1. The van der Waals surface area contributed by atoms with E-state index in [-0.39, 0.29) is 12.5 Å². The number of carbonyl (C=O) groups excluding carboxylic acids is 1. The van der Waals surface area contributed by atoms with E-state index < -0.39 is 33.7 Å². The lowest BCUT2D eigenvalue weighted by molar-refractivity contribution is -0.147. The van der Waals surface area contributed by atoms with Crippen molar-refractivity contribution in [1.82, 2.24) is 0 Å². The molecule has 0 spiro atoms. The molecule has 138 valence electrons. The molecular formula is C18H18O7S.